The Bertz CT molecular complexity index is 821. The molecule has 0 fully saturated rings. The van der Waals surface area contributed by atoms with E-state index in [0.29, 0.717) is 5.39 Å². The van der Waals surface area contributed by atoms with Crippen LogP contribution in [-0.4, -0.2) is 6.98 Å². The Hall–Kier alpha value is -2.49. The Morgan fingerprint density at radius 1 is 0.636 bits per heavy atom. The third-order valence-corrected chi connectivity index (χ3v) is 3.60. The molecule has 0 heterocycles. The minimum Gasteiger partial charge on any atom is -0.445 e. The SMILES string of the molecule is F[B-](F)(F)c1ccc(/C=C/c2ccccc2)c2ccccc12. The predicted molar refractivity (Wildman–Crippen MR) is 88.0 cm³/mol. The van der Waals surface area contributed by atoms with Gasteiger partial charge < -0.3 is 12.9 Å². The van der Waals surface area contributed by atoms with Crippen LogP contribution in [0.4, 0.5) is 12.9 Å². The number of hydrogen-bond acceptors (Lipinski definition) is 0. The Balaban J connectivity index is 2.11. The molecule has 0 bridgehead atoms. The topological polar surface area (TPSA) is 0 Å². The van der Waals surface area contributed by atoms with E-state index in [-0.39, 0.29) is 5.39 Å². The van der Waals surface area contributed by atoms with Gasteiger partial charge in [-0.1, -0.05) is 78.9 Å². The molecule has 0 spiro atoms. The smallest absolute Gasteiger partial charge is 0.445 e. The van der Waals surface area contributed by atoms with Gasteiger partial charge in [0.1, 0.15) is 0 Å². The van der Waals surface area contributed by atoms with Gasteiger partial charge in [0.05, 0.1) is 0 Å². The van der Waals surface area contributed by atoms with E-state index < -0.39 is 12.4 Å². The number of hydrogen-bond donors (Lipinski definition) is 0. The molecule has 0 amide bonds. The molecule has 3 aromatic rings. The lowest BCUT2D eigenvalue weighted by Gasteiger charge is -2.18. The predicted octanol–water partition coefficient (Wildman–Crippen LogP) is 5.06. The van der Waals surface area contributed by atoms with E-state index in [1.54, 1.807) is 18.2 Å². The molecule has 0 saturated carbocycles. The molecule has 0 radical (unpaired) electrons. The van der Waals surface area contributed by atoms with Gasteiger partial charge in [0.2, 0.25) is 0 Å². The molecule has 0 N–H and O–H groups in total. The standard InChI is InChI=1S/C18H13BF3/c20-19(21,22)18-13-12-15(16-8-4-5-9-17(16)18)11-10-14-6-2-1-3-7-14/h1-13H/q-1/b11-10+. The summed E-state index contributed by atoms with van der Waals surface area (Å²) < 4.78 is 39.4. The molecule has 0 aliphatic heterocycles. The Kier molecular flexibility index (Phi) is 3.76. The van der Waals surface area contributed by atoms with Crippen LogP contribution in [0.5, 0.6) is 0 Å². The Morgan fingerprint density at radius 2 is 1.27 bits per heavy atom. The van der Waals surface area contributed by atoms with E-state index in [9.17, 15) is 12.9 Å². The fraction of sp³-hybridized carbons (Fsp3) is 0. The maximum Gasteiger partial charge on any atom is 0.510 e. The van der Waals surface area contributed by atoms with Gasteiger partial charge in [0, 0.05) is 0 Å². The summed E-state index contributed by atoms with van der Waals surface area (Å²) in [6.45, 7) is -5.01. The van der Waals surface area contributed by atoms with Crippen LogP contribution in [0.3, 0.4) is 0 Å². The van der Waals surface area contributed by atoms with Gasteiger partial charge in [-0.2, -0.15) is 0 Å². The summed E-state index contributed by atoms with van der Waals surface area (Å²) in [5, 5.41) is 0.872. The monoisotopic (exact) mass is 297 g/mol. The summed E-state index contributed by atoms with van der Waals surface area (Å²) in [4.78, 5) is 0. The number of benzene rings is 3. The second-order valence-corrected chi connectivity index (χ2v) is 5.11. The van der Waals surface area contributed by atoms with Crippen molar-refractivity contribution >= 4 is 35.4 Å². The molecular formula is C18H13BF3-. The lowest BCUT2D eigenvalue weighted by atomic mass is 9.76. The van der Waals surface area contributed by atoms with Crippen molar-refractivity contribution in [2.24, 2.45) is 0 Å². The van der Waals surface area contributed by atoms with E-state index in [2.05, 4.69) is 0 Å². The largest absolute Gasteiger partial charge is 0.510 e. The molecule has 22 heavy (non-hydrogen) atoms. The first-order valence-corrected chi connectivity index (χ1v) is 7.00. The zero-order valence-electron chi connectivity index (χ0n) is 11.7. The molecule has 3 rings (SSSR count). The summed E-state index contributed by atoms with van der Waals surface area (Å²) in [7, 11) is 0. The van der Waals surface area contributed by atoms with Crippen molar-refractivity contribution in [2.75, 3.05) is 0 Å². The molecule has 0 atom stereocenters. The fourth-order valence-electron chi connectivity index (χ4n) is 2.53. The molecule has 0 saturated heterocycles. The zero-order chi connectivity index (χ0) is 15.6. The van der Waals surface area contributed by atoms with E-state index in [4.69, 9.17) is 0 Å². The molecule has 0 nitrogen and oxygen atoms in total. The zero-order valence-corrected chi connectivity index (χ0v) is 11.7. The Morgan fingerprint density at radius 3 is 1.95 bits per heavy atom. The van der Waals surface area contributed by atoms with Crippen LogP contribution in [0.15, 0.2) is 66.7 Å². The highest BCUT2D eigenvalue weighted by Crippen LogP contribution is 2.23. The third-order valence-electron chi connectivity index (χ3n) is 3.60. The van der Waals surface area contributed by atoms with Crippen molar-refractivity contribution in [1.29, 1.82) is 0 Å². The van der Waals surface area contributed by atoms with Gasteiger partial charge in [-0.15, -0.1) is 5.46 Å². The van der Waals surface area contributed by atoms with E-state index in [0.717, 1.165) is 11.1 Å². The van der Waals surface area contributed by atoms with Crippen molar-refractivity contribution < 1.29 is 12.9 Å². The summed E-state index contributed by atoms with van der Waals surface area (Å²) in [6.07, 6.45) is 3.75. The third kappa shape index (κ3) is 2.91. The number of halogens is 3. The number of rotatable bonds is 3. The highest BCUT2D eigenvalue weighted by molar-refractivity contribution is 6.76. The maximum absolute atomic E-state index is 13.1. The summed E-state index contributed by atoms with van der Waals surface area (Å²) in [5.74, 6) is 0. The van der Waals surface area contributed by atoms with Crippen LogP contribution in [0, 0.1) is 0 Å². The van der Waals surface area contributed by atoms with E-state index >= 15 is 0 Å². The average Bonchev–Trinajstić information content (AvgIpc) is 2.52. The minimum absolute atomic E-state index is 0.255. The lowest BCUT2D eigenvalue weighted by Crippen LogP contribution is -2.34. The molecule has 0 aromatic heterocycles. The first-order chi connectivity index (χ1) is 10.6. The molecule has 0 aliphatic rings. The van der Waals surface area contributed by atoms with Crippen LogP contribution < -0.4 is 5.46 Å². The van der Waals surface area contributed by atoms with E-state index in [1.807, 2.05) is 42.5 Å². The quantitative estimate of drug-likeness (QED) is 0.468. The number of fused-ring (bicyclic) bond motifs is 1. The van der Waals surface area contributed by atoms with Crippen LogP contribution in [0.2, 0.25) is 0 Å². The second kappa shape index (κ2) is 5.72. The minimum atomic E-state index is -5.01. The molecule has 0 aliphatic carbocycles. The Labute approximate surface area is 127 Å². The van der Waals surface area contributed by atoms with Crippen LogP contribution in [-0.2, 0) is 0 Å². The molecule has 110 valence electrons. The van der Waals surface area contributed by atoms with Crippen LogP contribution in [0.25, 0.3) is 22.9 Å². The first-order valence-electron chi connectivity index (χ1n) is 7.00. The highest BCUT2D eigenvalue weighted by Gasteiger charge is 2.27. The normalized spacial score (nSPS) is 12.1. The summed E-state index contributed by atoms with van der Waals surface area (Å²) in [5.41, 5.74) is 1.26. The first kappa shape index (κ1) is 14.5. The van der Waals surface area contributed by atoms with Gasteiger partial charge in [-0.3, -0.25) is 0 Å². The summed E-state index contributed by atoms with van der Waals surface area (Å²) in [6, 6.07) is 19.0. The van der Waals surface area contributed by atoms with Crippen molar-refractivity contribution in [3.63, 3.8) is 0 Å². The van der Waals surface area contributed by atoms with Gasteiger partial charge in [0.15, 0.2) is 0 Å². The van der Waals surface area contributed by atoms with E-state index in [1.165, 1.54) is 18.2 Å². The molecule has 0 unspecified atom stereocenters. The van der Waals surface area contributed by atoms with Gasteiger partial charge in [0.25, 0.3) is 0 Å². The van der Waals surface area contributed by atoms with Gasteiger partial charge in [-0.05, 0) is 21.9 Å². The summed E-state index contributed by atoms with van der Waals surface area (Å²) >= 11 is 0. The van der Waals surface area contributed by atoms with Crippen LogP contribution in [0.1, 0.15) is 11.1 Å². The van der Waals surface area contributed by atoms with Crippen LogP contribution >= 0.6 is 0 Å². The van der Waals surface area contributed by atoms with Gasteiger partial charge >= 0.3 is 6.98 Å². The highest BCUT2D eigenvalue weighted by atomic mass is 19.4. The molecular weight excluding hydrogens is 284 g/mol. The lowest BCUT2D eigenvalue weighted by molar-refractivity contribution is 0.502. The maximum atomic E-state index is 13.1. The molecule has 3 aromatic carbocycles. The molecule has 4 heteroatoms. The van der Waals surface area contributed by atoms with Crippen molar-refractivity contribution in [3.8, 4) is 0 Å². The average molecular weight is 297 g/mol. The van der Waals surface area contributed by atoms with Crippen molar-refractivity contribution in [3.05, 3.63) is 77.9 Å². The van der Waals surface area contributed by atoms with Crippen molar-refractivity contribution in [1.82, 2.24) is 0 Å². The fourth-order valence-corrected chi connectivity index (χ4v) is 2.53. The van der Waals surface area contributed by atoms with Gasteiger partial charge in [-0.25, -0.2) is 0 Å². The second-order valence-electron chi connectivity index (χ2n) is 5.11. The van der Waals surface area contributed by atoms with Crippen molar-refractivity contribution in [2.45, 2.75) is 0 Å².